The van der Waals surface area contributed by atoms with E-state index in [4.69, 9.17) is 11.6 Å². The van der Waals surface area contributed by atoms with Crippen LogP contribution in [-0.2, 0) is 11.3 Å². The molecule has 19 heavy (non-hydrogen) atoms. The zero-order valence-electron chi connectivity index (χ0n) is 11.5. The third-order valence-electron chi connectivity index (χ3n) is 2.92. The zero-order chi connectivity index (χ0) is 13.9. The van der Waals surface area contributed by atoms with Crippen LogP contribution in [0.15, 0.2) is 24.3 Å². The summed E-state index contributed by atoms with van der Waals surface area (Å²) in [5, 5.41) is 6.85. The predicted octanol–water partition coefficient (Wildman–Crippen LogP) is 3.13. The van der Waals surface area contributed by atoms with Gasteiger partial charge in [0.25, 0.3) is 0 Å². The molecule has 2 N–H and O–H groups in total. The van der Waals surface area contributed by atoms with Crippen molar-refractivity contribution in [1.29, 1.82) is 0 Å². The highest BCUT2D eigenvalue weighted by Gasteiger charge is 2.03. The monoisotopic (exact) mass is 282 g/mol. The van der Waals surface area contributed by atoms with Crippen molar-refractivity contribution in [2.75, 3.05) is 13.1 Å². The number of carbonyl (C=O) groups is 1. The molecule has 1 amide bonds. The highest BCUT2D eigenvalue weighted by molar-refractivity contribution is 6.31. The van der Waals surface area contributed by atoms with E-state index in [9.17, 15) is 4.79 Å². The molecule has 0 bridgehead atoms. The molecule has 0 aliphatic carbocycles. The van der Waals surface area contributed by atoms with Gasteiger partial charge in [-0.25, -0.2) is 0 Å². The molecule has 1 aromatic rings. The molecule has 0 saturated carbocycles. The van der Waals surface area contributed by atoms with Gasteiger partial charge in [0.05, 0.1) is 0 Å². The number of carbonyl (C=O) groups excluding carboxylic acids is 1. The van der Waals surface area contributed by atoms with Crippen molar-refractivity contribution in [3.8, 4) is 0 Å². The van der Waals surface area contributed by atoms with Gasteiger partial charge in [0.15, 0.2) is 0 Å². The summed E-state index contributed by atoms with van der Waals surface area (Å²) in [6.07, 6.45) is 4.15. The van der Waals surface area contributed by atoms with Crippen LogP contribution in [0.4, 0.5) is 0 Å². The molecular weight excluding hydrogens is 260 g/mol. The summed E-state index contributed by atoms with van der Waals surface area (Å²) in [6, 6.07) is 7.56. The first-order valence-corrected chi connectivity index (χ1v) is 7.32. The summed E-state index contributed by atoms with van der Waals surface area (Å²) >= 11 is 6.02. The highest BCUT2D eigenvalue weighted by Crippen LogP contribution is 2.14. The smallest absolute Gasteiger partial charge is 0.221 e. The quantitative estimate of drug-likeness (QED) is 0.683. The lowest BCUT2D eigenvalue weighted by atomic mass is 10.2. The Morgan fingerprint density at radius 3 is 2.74 bits per heavy atom. The number of rotatable bonds is 9. The van der Waals surface area contributed by atoms with Crippen molar-refractivity contribution in [3.63, 3.8) is 0 Å². The third kappa shape index (κ3) is 7.19. The Balaban J connectivity index is 2.10. The number of hydrogen-bond donors (Lipinski definition) is 2. The number of halogens is 1. The summed E-state index contributed by atoms with van der Waals surface area (Å²) < 4.78 is 0. The van der Waals surface area contributed by atoms with E-state index in [-0.39, 0.29) is 5.91 Å². The fourth-order valence-corrected chi connectivity index (χ4v) is 1.95. The summed E-state index contributed by atoms with van der Waals surface area (Å²) in [5.74, 6) is 0.0583. The number of benzene rings is 1. The average Bonchev–Trinajstić information content (AvgIpc) is 2.42. The first-order valence-electron chi connectivity index (χ1n) is 6.95. The molecule has 1 aromatic carbocycles. The van der Waals surface area contributed by atoms with Gasteiger partial charge in [0.2, 0.25) is 5.91 Å². The van der Waals surface area contributed by atoms with E-state index in [1.807, 2.05) is 24.3 Å². The van der Waals surface area contributed by atoms with Crippen LogP contribution in [0.1, 0.15) is 38.2 Å². The van der Waals surface area contributed by atoms with Crippen LogP contribution in [0.5, 0.6) is 0 Å². The minimum Gasteiger partial charge on any atom is -0.352 e. The lowest BCUT2D eigenvalue weighted by Gasteiger charge is -2.07. The third-order valence-corrected chi connectivity index (χ3v) is 3.29. The van der Waals surface area contributed by atoms with Crippen LogP contribution in [0.2, 0.25) is 5.02 Å². The average molecular weight is 283 g/mol. The van der Waals surface area contributed by atoms with Crippen molar-refractivity contribution in [2.45, 2.75) is 39.2 Å². The van der Waals surface area contributed by atoms with E-state index in [1.165, 1.54) is 19.3 Å². The zero-order valence-corrected chi connectivity index (χ0v) is 12.3. The fraction of sp³-hybridized carbons (Fsp3) is 0.533. The molecule has 0 aliphatic rings. The molecule has 106 valence electrons. The molecule has 0 fully saturated rings. The van der Waals surface area contributed by atoms with Crippen LogP contribution in [-0.4, -0.2) is 19.0 Å². The van der Waals surface area contributed by atoms with E-state index in [0.29, 0.717) is 18.0 Å². The van der Waals surface area contributed by atoms with Gasteiger partial charge >= 0.3 is 0 Å². The molecule has 0 unspecified atom stereocenters. The minimum absolute atomic E-state index is 0.0583. The second kappa shape index (κ2) is 9.82. The van der Waals surface area contributed by atoms with Crippen molar-refractivity contribution in [3.05, 3.63) is 34.9 Å². The van der Waals surface area contributed by atoms with Gasteiger partial charge in [-0.3, -0.25) is 4.79 Å². The molecule has 0 aliphatic heterocycles. The van der Waals surface area contributed by atoms with E-state index in [2.05, 4.69) is 17.6 Å². The van der Waals surface area contributed by atoms with Crippen LogP contribution >= 0.6 is 11.6 Å². The summed E-state index contributed by atoms with van der Waals surface area (Å²) in [4.78, 5) is 11.6. The molecular formula is C15H23ClN2O. The number of hydrogen-bond acceptors (Lipinski definition) is 2. The Morgan fingerprint density at radius 2 is 2.00 bits per heavy atom. The summed E-state index contributed by atoms with van der Waals surface area (Å²) in [5.41, 5.74) is 0.952. The van der Waals surface area contributed by atoms with Gasteiger partial charge in [0.1, 0.15) is 0 Å². The lowest BCUT2D eigenvalue weighted by molar-refractivity contribution is -0.121. The van der Waals surface area contributed by atoms with Crippen molar-refractivity contribution < 1.29 is 4.79 Å². The molecule has 0 heterocycles. The molecule has 0 aromatic heterocycles. The van der Waals surface area contributed by atoms with E-state index >= 15 is 0 Å². The van der Waals surface area contributed by atoms with Crippen LogP contribution in [0.3, 0.4) is 0 Å². The lowest BCUT2D eigenvalue weighted by Crippen LogP contribution is -2.27. The maximum absolute atomic E-state index is 11.6. The molecule has 4 heteroatoms. The van der Waals surface area contributed by atoms with Crippen molar-refractivity contribution in [2.24, 2.45) is 0 Å². The first-order chi connectivity index (χ1) is 9.24. The second-order valence-corrected chi connectivity index (χ2v) is 4.98. The minimum atomic E-state index is 0.0583. The fourth-order valence-electron chi connectivity index (χ4n) is 1.75. The Labute approximate surface area is 120 Å². The maximum atomic E-state index is 11.6. The molecule has 0 spiro atoms. The van der Waals surface area contributed by atoms with Crippen LogP contribution in [0.25, 0.3) is 0 Å². The Kier molecular flexibility index (Phi) is 8.26. The number of unbranched alkanes of at least 4 members (excludes halogenated alkanes) is 2. The first kappa shape index (κ1) is 16.0. The largest absolute Gasteiger partial charge is 0.352 e. The van der Waals surface area contributed by atoms with E-state index in [0.717, 1.165) is 18.7 Å². The second-order valence-electron chi connectivity index (χ2n) is 4.58. The van der Waals surface area contributed by atoms with Gasteiger partial charge in [-0.2, -0.15) is 0 Å². The SMILES string of the molecule is CCCCCNCCC(=O)NCc1ccccc1Cl. The Hall–Kier alpha value is -1.06. The van der Waals surface area contributed by atoms with Gasteiger partial charge in [0, 0.05) is 24.5 Å². The van der Waals surface area contributed by atoms with Gasteiger partial charge in [-0.05, 0) is 24.6 Å². The van der Waals surface area contributed by atoms with Crippen LogP contribution < -0.4 is 10.6 Å². The van der Waals surface area contributed by atoms with Crippen molar-refractivity contribution in [1.82, 2.24) is 10.6 Å². The van der Waals surface area contributed by atoms with E-state index in [1.54, 1.807) is 0 Å². The highest BCUT2D eigenvalue weighted by atomic mass is 35.5. The topological polar surface area (TPSA) is 41.1 Å². The normalized spacial score (nSPS) is 10.4. The molecule has 1 rings (SSSR count). The summed E-state index contributed by atoms with van der Waals surface area (Å²) in [6.45, 7) is 4.40. The van der Waals surface area contributed by atoms with Crippen LogP contribution in [0, 0.1) is 0 Å². The predicted molar refractivity (Wildman–Crippen MR) is 80.3 cm³/mol. The van der Waals surface area contributed by atoms with E-state index < -0.39 is 0 Å². The van der Waals surface area contributed by atoms with Crippen molar-refractivity contribution >= 4 is 17.5 Å². The number of amides is 1. The van der Waals surface area contributed by atoms with Gasteiger partial charge in [-0.1, -0.05) is 49.6 Å². The Morgan fingerprint density at radius 1 is 1.21 bits per heavy atom. The maximum Gasteiger partial charge on any atom is 0.221 e. The van der Waals surface area contributed by atoms with Gasteiger partial charge < -0.3 is 10.6 Å². The standard InChI is InChI=1S/C15H23ClN2O/c1-2-3-6-10-17-11-9-15(19)18-12-13-7-4-5-8-14(13)16/h4-5,7-8,17H,2-3,6,9-12H2,1H3,(H,18,19). The molecule has 0 atom stereocenters. The van der Waals surface area contributed by atoms with Gasteiger partial charge in [-0.15, -0.1) is 0 Å². The Bertz CT molecular complexity index is 382. The molecule has 3 nitrogen and oxygen atoms in total. The summed E-state index contributed by atoms with van der Waals surface area (Å²) in [7, 11) is 0. The molecule has 0 radical (unpaired) electrons. The molecule has 0 saturated heterocycles. The number of nitrogens with one attached hydrogen (secondary N) is 2.